The lowest BCUT2D eigenvalue weighted by Gasteiger charge is -2.08. The number of anilines is 2. The van der Waals surface area contributed by atoms with Gasteiger partial charge in [0.25, 0.3) is 0 Å². The van der Waals surface area contributed by atoms with Crippen molar-refractivity contribution in [2.75, 3.05) is 17.6 Å². The topological polar surface area (TPSA) is 76.7 Å². The van der Waals surface area contributed by atoms with Gasteiger partial charge in [-0.05, 0) is 30.2 Å². The Morgan fingerprint density at radius 2 is 1.83 bits per heavy atom. The number of rotatable bonds is 6. The molecule has 5 nitrogen and oxygen atoms in total. The van der Waals surface area contributed by atoms with Gasteiger partial charge in [-0.15, -0.1) is 0 Å². The average Bonchev–Trinajstić information content (AvgIpc) is 2.61. The molecule has 1 aromatic carbocycles. The zero-order valence-electron chi connectivity index (χ0n) is 13.7. The van der Waals surface area contributed by atoms with E-state index in [-0.39, 0.29) is 5.95 Å². The first-order valence-corrected chi connectivity index (χ1v) is 8.17. The molecule has 0 aliphatic carbocycles. The molecule has 0 aliphatic rings. The van der Waals surface area contributed by atoms with Crippen LogP contribution in [0, 0.1) is 0 Å². The zero-order chi connectivity index (χ0) is 16.8. The minimum Gasteiger partial charge on any atom is -0.368 e. The highest BCUT2D eigenvalue weighted by atomic mass is 15.1. The summed E-state index contributed by atoms with van der Waals surface area (Å²) in [5.74, 6) is 0.955. The second kappa shape index (κ2) is 7.55. The first kappa shape index (κ1) is 15.9. The molecule has 0 radical (unpaired) electrons. The minimum atomic E-state index is 0.260. The standard InChI is InChI=1S/C19H21N5/c1-2-3-13-21-18-17-16(23-19(20)24-18)12-11-15(22-17)10-9-14-7-5-4-6-8-14/h4-12H,2-3,13H2,1H3,(H3,20,21,23,24)/b10-9+. The highest BCUT2D eigenvalue weighted by Gasteiger charge is 2.07. The summed E-state index contributed by atoms with van der Waals surface area (Å²) in [7, 11) is 0. The number of nitrogens with two attached hydrogens (primary N) is 1. The number of aromatic nitrogens is 3. The van der Waals surface area contributed by atoms with Gasteiger partial charge in [0.05, 0.1) is 11.2 Å². The van der Waals surface area contributed by atoms with Crippen molar-refractivity contribution in [2.24, 2.45) is 0 Å². The lowest BCUT2D eigenvalue weighted by Crippen LogP contribution is -2.07. The van der Waals surface area contributed by atoms with Crippen molar-refractivity contribution < 1.29 is 0 Å². The van der Waals surface area contributed by atoms with Crippen LogP contribution in [0.1, 0.15) is 31.0 Å². The van der Waals surface area contributed by atoms with E-state index in [2.05, 4.69) is 39.3 Å². The third kappa shape index (κ3) is 3.87. The molecular weight excluding hydrogens is 298 g/mol. The molecule has 0 saturated heterocycles. The van der Waals surface area contributed by atoms with E-state index in [1.165, 1.54) is 0 Å². The van der Waals surface area contributed by atoms with Crippen LogP contribution in [-0.2, 0) is 0 Å². The van der Waals surface area contributed by atoms with Gasteiger partial charge in [0.2, 0.25) is 5.95 Å². The Morgan fingerprint density at radius 1 is 1.00 bits per heavy atom. The van der Waals surface area contributed by atoms with Gasteiger partial charge in [0.1, 0.15) is 5.52 Å². The predicted octanol–water partition coefficient (Wildman–Crippen LogP) is 3.99. The van der Waals surface area contributed by atoms with Gasteiger partial charge < -0.3 is 11.1 Å². The van der Waals surface area contributed by atoms with Crippen LogP contribution in [0.3, 0.4) is 0 Å². The van der Waals surface area contributed by atoms with Gasteiger partial charge in [-0.25, -0.2) is 9.97 Å². The van der Waals surface area contributed by atoms with Crippen molar-refractivity contribution in [1.29, 1.82) is 0 Å². The molecular formula is C19H21N5. The molecule has 0 amide bonds. The number of nitrogens with one attached hydrogen (secondary N) is 1. The number of hydrogen-bond donors (Lipinski definition) is 2. The van der Waals surface area contributed by atoms with Gasteiger partial charge >= 0.3 is 0 Å². The molecule has 0 aliphatic heterocycles. The molecule has 122 valence electrons. The molecule has 3 N–H and O–H groups in total. The number of fused-ring (bicyclic) bond motifs is 1. The summed E-state index contributed by atoms with van der Waals surface area (Å²) >= 11 is 0. The number of hydrogen-bond acceptors (Lipinski definition) is 5. The molecule has 24 heavy (non-hydrogen) atoms. The van der Waals surface area contributed by atoms with Gasteiger partial charge in [0.15, 0.2) is 5.82 Å². The Balaban J connectivity index is 1.92. The van der Waals surface area contributed by atoms with Gasteiger partial charge in [-0.2, -0.15) is 4.98 Å². The smallest absolute Gasteiger partial charge is 0.222 e. The lowest BCUT2D eigenvalue weighted by molar-refractivity contribution is 0.831. The van der Waals surface area contributed by atoms with Gasteiger partial charge in [-0.1, -0.05) is 49.8 Å². The molecule has 2 heterocycles. The van der Waals surface area contributed by atoms with E-state index in [4.69, 9.17) is 5.73 Å². The highest BCUT2D eigenvalue weighted by Crippen LogP contribution is 2.20. The largest absolute Gasteiger partial charge is 0.368 e. The maximum absolute atomic E-state index is 5.80. The third-order valence-corrected chi connectivity index (χ3v) is 3.65. The quantitative estimate of drug-likeness (QED) is 0.672. The van der Waals surface area contributed by atoms with Crippen molar-refractivity contribution in [1.82, 2.24) is 15.0 Å². The van der Waals surface area contributed by atoms with Crippen LogP contribution < -0.4 is 11.1 Å². The Kier molecular flexibility index (Phi) is 5.01. The van der Waals surface area contributed by atoms with Crippen molar-refractivity contribution in [3.8, 4) is 0 Å². The fourth-order valence-corrected chi connectivity index (χ4v) is 2.39. The third-order valence-electron chi connectivity index (χ3n) is 3.65. The van der Waals surface area contributed by atoms with Crippen molar-refractivity contribution >= 4 is 35.0 Å². The normalized spacial score (nSPS) is 11.2. The predicted molar refractivity (Wildman–Crippen MR) is 101 cm³/mol. The Hall–Kier alpha value is -2.95. The molecule has 0 fully saturated rings. The summed E-state index contributed by atoms with van der Waals surface area (Å²) in [6.45, 7) is 2.99. The van der Waals surface area contributed by atoms with E-state index in [0.29, 0.717) is 5.82 Å². The van der Waals surface area contributed by atoms with E-state index in [9.17, 15) is 0 Å². The van der Waals surface area contributed by atoms with E-state index in [1.807, 2.05) is 42.5 Å². The summed E-state index contributed by atoms with van der Waals surface area (Å²) in [4.78, 5) is 13.2. The van der Waals surface area contributed by atoms with E-state index in [1.54, 1.807) is 0 Å². The van der Waals surface area contributed by atoms with Gasteiger partial charge in [-0.3, -0.25) is 0 Å². The van der Waals surface area contributed by atoms with E-state index in [0.717, 1.165) is 41.7 Å². The Morgan fingerprint density at radius 3 is 2.62 bits per heavy atom. The SMILES string of the molecule is CCCCNc1nc(N)nc2ccc(/C=C/c3ccccc3)nc12. The molecule has 3 aromatic rings. The molecule has 0 spiro atoms. The van der Waals surface area contributed by atoms with Crippen LogP contribution in [0.5, 0.6) is 0 Å². The highest BCUT2D eigenvalue weighted by molar-refractivity contribution is 5.87. The summed E-state index contributed by atoms with van der Waals surface area (Å²) < 4.78 is 0. The maximum Gasteiger partial charge on any atom is 0.222 e. The molecule has 0 bridgehead atoms. The van der Waals surface area contributed by atoms with Crippen LogP contribution >= 0.6 is 0 Å². The van der Waals surface area contributed by atoms with Crippen molar-refractivity contribution in [3.63, 3.8) is 0 Å². The number of nitrogen functional groups attached to an aromatic ring is 1. The number of nitrogens with zero attached hydrogens (tertiary/aromatic N) is 3. The van der Waals surface area contributed by atoms with Crippen molar-refractivity contribution in [3.05, 3.63) is 53.7 Å². The molecule has 5 heteroatoms. The lowest BCUT2D eigenvalue weighted by atomic mass is 10.2. The molecule has 3 rings (SSSR count). The second-order valence-corrected chi connectivity index (χ2v) is 5.56. The summed E-state index contributed by atoms with van der Waals surface area (Å²) in [5.41, 5.74) is 9.29. The Labute approximate surface area is 141 Å². The van der Waals surface area contributed by atoms with E-state index < -0.39 is 0 Å². The Bertz CT molecular complexity index is 843. The fraction of sp³-hybridized carbons (Fsp3) is 0.211. The second-order valence-electron chi connectivity index (χ2n) is 5.56. The molecule has 0 unspecified atom stereocenters. The number of unbranched alkanes of at least 4 members (excludes halogenated alkanes) is 1. The molecule has 2 aromatic heterocycles. The van der Waals surface area contributed by atoms with Crippen LogP contribution in [-0.4, -0.2) is 21.5 Å². The maximum atomic E-state index is 5.80. The van der Waals surface area contributed by atoms with Crippen LogP contribution in [0.15, 0.2) is 42.5 Å². The first-order valence-electron chi connectivity index (χ1n) is 8.17. The van der Waals surface area contributed by atoms with Gasteiger partial charge in [0, 0.05) is 6.54 Å². The number of benzene rings is 1. The zero-order valence-corrected chi connectivity index (χ0v) is 13.7. The van der Waals surface area contributed by atoms with Crippen LogP contribution in [0.25, 0.3) is 23.2 Å². The number of pyridine rings is 1. The molecule has 0 saturated carbocycles. The first-order chi connectivity index (χ1) is 11.8. The summed E-state index contributed by atoms with van der Waals surface area (Å²) in [6, 6.07) is 14.0. The van der Waals surface area contributed by atoms with Crippen LogP contribution in [0.4, 0.5) is 11.8 Å². The monoisotopic (exact) mass is 319 g/mol. The average molecular weight is 319 g/mol. The minimum absolute atomic E-state index is 0.260. The molecule has 0 atom stereocenters. The fourth-order valence-electron chi connectivity index (χ4n) is 2.39. The van der Waals surface area contributed by atoms with Crippen LogP contribution in [0.2, 0.25) is 0 Å². The van der Waals surface area contributed by atoms with E-state index >= 15 is 0 Å². The van der Waals surface area contributed by atoms with Crippen molar-refractivity contribution in [2.45, 2.75) is 19.8 Å². The summed E-state index contributed by atoms with van der Waals surface area (Å²) in [5, 5.41) is 3.31. The summed E-state index contributed by atoms with van der Waals surface area (Å²) in [6.07, 6.45) is 6.21.